The average Bonchev–Trinajstić information content (AvgIpc) is 2.62. The number of anilines is 1. The molecule has 0 radical (unpaired) electrons. The number of nitrogens with zero attached hydrogens (tertiary/aromatic N) is 3. The smallest absolute Gasteiger partial charge is 0.146 e. The summed E-state index contributed by atoms with van der Waals surface area (Å²) in [4.78, 5) is 0. The second-order valence-corrected chi connectivity index (χ2v) is 2.55. The van der Waals surface area contributed by atoms with Crippen molar-refractivity contribution in [3.05, 3.63) is 36.4 Å². The summed E-state index contributed by atoms with van der Waals surface area (Å²) in [7, 11) is 0. The minimum absolute atomic E-state index is 0.105. The van der Waals surface area contributed by atoms with Gasteiger partial charge < -0.3 is 5.73 Å². The molecule has 5 heteroatoms. The number of hydrogen-bond acceptors (Lipinski definition) is 3. The zero-order valence-electron chi connectivity index (χ0n) is 6.68. The van der Waals surface area contributed by atoms with Gasteiger partial charge in [-0.15, -0.1) is 5.10 Å². The van der Waals surface area contributed by atoms with Crippen molar-refractivity contribution in [3.8, 4) is 5.69 Å². The fraction of sp³-hybridized carbons (Fsp3) is 0. The van der Waals surface area contributed by atoms with E-state index in [4.69, 9.17) is 5.73 Å². The van der Waals surface area contributed by atoms with Gasteiger partial charge in [-0.1, -0.05) is 5.21 Å². The van der Waals surface area contributed by atoms with Gasteiger partial charge in [0.25, 0.3) is 0 Å². The van der Waals surface area contributed by atoms with Crippen LogP contribution in [0.3, 0.4) is 0 Å². The summed E-state index contributed by atoms with van der Waals surface area (Å²) in [6.07, 6.45) is 3.20. The first-order chi connectivity index (χ1) is 6.27. The van der Waals surface area contributed by atoms with Crippen LogP contribution in [-0.2, 0) is 0 Å². The Morgan fingerprint density at radius 2 is 2.23 bits per heavy atom. The van der Waals surface area contributed by atoms with Gasteiger partial charge in [-0.3, -0.25) is 0 Å². The van der Waals surface area contributed by atoms with E-state index in [2.05, 4.69) is 10.3 Å². The maximum absolute atomic E-state index is 12.8. The highest BCUT2D eigenvalue weighted by molar-refractivity contribution is 5.48. The zero-order chi connectivity index (χ0) is 9.26. The van der Waals surface area contributed by atoms with Crippen molar-refractivity contribution in [2.75, 3.05) is 5.73 Å². The number of aromatic nitrogens is 3. The highest BCUT2D eigenvalue weighted by Crippen LogP contribution is 2.14. The minimum Gasteiger partial charge on any atom is -0.396 e. The summed E-state index contributed by atoms with van der Waals surface area (Å²) in [5.74, 6) is -0.427. The minimum atomic E-state index is -0.427. The molecule has 1 heterocycles. The van der Waals surface area contributed by atoms with Crippen LogP contribution in [0.2, 0.25) is 0 Å². The van der Waals surface area contributed by atoms with Gasteiger partial charge in [0.1, 0.15) is 5.82 Å². The van der Waals surface area contributed by atoms with E-state index >= 15 is 0 Å². The van der Waals surface area contributed by atoms with Crippen LogP contribution in [0.5, 0.6) is 0 Å². The van der Waals surface area contributed by atoms with Crippen molar-refractivity contribution in [2.45, 2.75) is 0 Å². The number of halogens is 1. The molecule has 1 aromatic carbocycles. The highest BCUT2D eigenvalue weighted by Gasteiger charge is 2.01. The van der Waals surface area contributed by atoms with E-state index in [1.807, 2.05) is 0 Å². The standard InChI is InChI=1S/C8H7FN4/c9-7-2-1-6(5-8(7)10)13-4-3-11-12-13/h1-5H,10H2. The predicted molar refractivity (Wildman–Crippen MR) is 45.7 cm³/mol. The summed E-state index contributed by atoms with van der Waals surface area (Å²) >= 11 is 0. The Labute approximate surface area is 73.8 Å². The summed E-state index contributed by atoms with van der Waals surface area (Å²) in [6.45, 7) is 0. The SMILES string of the molecule is Nc1cc(-n2ccnn2)ccc1F. The lowest BCUT2D eigenvalue weighted by atomic mass is 10.3. The number of nitrogen functional groups attached to an aromatic ring is 1. The van der Waals surface area contributed by atoms with Gasteiger partial charge in [-0.25, -0.2) is 9.07 Å². The predicted octanol–water partition coefficient (Wildman–Crippen LogP) is 0.989. The fourth-order valence-corrected chi connectivity index (χ4v) is 1.02. The molecule has 13 heavy (non-hydrogen) atoms. The molecular formula is C8H7FN4. The van der Waals surface area contributed by atoms with E-state index in [1.54, 1.807) is 18.5 Å². The lowest BCUT2D eigenvalue weighted by Gasteiger charge is -2.01. The third kappa shape index (κ3) is 1.35. The number of benzene rings is 1. The first-order valence-corrected chi connectivity index (χ1v) is 3.69. The van der Waals surface area contributed by atoms with Crippen LogP contribution in [0.1, 0.15) is 0 Å². The molecule has 0 fully saturated rings. The van der Waals surface area contributed by atoms with Crippen LogP contribution in [0, 0.1) is 5.82 Å². The molecule has 0 amide bonds. The summed E-state index contributed by atoms with van der Waals surface area (Å²) < 4.78 is 14.3. The molecule has 0 bridgehead atoms. The zero-order valence-corrected chi connectivity index (χ0v) is 6.68. The van der Waals surface area contributed by atoms with Gasteiger partial charge in [0.2, 0.25) is 0 Å². The van der Waals surface area contributed by atoms with Crippen molar-refractivity contribution >= 4 is 5.69 Å². The average molecular weight is 178 g/mol. The van der Waals surface area contributed by atoms with E-state index in [9.17, 15) is 4.39 Å². The van der Waals surface area contributed by atoms with Gasteiger partial charge in [-0.05, 0) is 18.2 Å². The maximum atomic E-state index is 12.8. The van der Waals surface area contributed by atoms with E-state index < -0.39 is 5.82 Å². The van der Waals surface area contributed by atoms with Crippen molar-refractivity contribution < 1.29 is 4.39 Å². The van der Waals surface area contributed by atoms with E-state index in [-0.39, 0.29) is 5.69 Å². The van der Waals surface area contributed by atoms with Crippen LogP contribution in [-0.4, -0.2) is 15.0 Å². The quantitative estimate of drug-likeness (QED) is 0.662. The van der Waals surface area contributed by atoms with Crippen molar-refractivity contribution in [1.29, 1.82) is 0 Å². The molecule has 66 valence electrons. The summed E-state index contributed by atoms with van der Waals surface area (Å²) in [5, 5.41) is 7.37. The second-order valence-electron chi connectivity index (χ2n) is 2.55. The Morgan fingerprint density at radius 1 is 1.38 bits per heavy atom. The molecule has 2 aromatic rings. The van der Waals surface area contributed by atoms with Gasteiger partial charge in [0.15, 0.2) is 0 Å². The lowest BCUT2D eigenvalue weighted by molar-refractivity contribution is 0.631. The molecule has 0 saturated carbocycles. The molecule has 0 saturated heterocycles. The molecule has 0 atom stereocenters. The molecule has 2 rings (SSSR count). The Balaban J connectivity index is 2.49. The van der Waals surface area contributed by atoms with E-state index in [0.717, 1.165) is 0 Å². The first-order valence-electron chi connectivity index (χ1n) is 3.69. The van der Waals surface area contributed by atoms with Crippen LogP contribution in [0.4, 0.5) is 10.1 Å². The Morgan fingerprint density at radius 3 is 2.85 bits per heavy atom. The van der Waals surface area contributed by atoms with Gasteiger partial charge in [-0.2, -0.15) is 0 Å². The van der Waals surface area contributed by atoms with Crippen molar-refractivity contribution in [1.82, 2.24) is 15.0 Å². The van der Waals surface area contributed by atoms with Gasteiger partial charge >= 0.3 is 0 Å². The van der Waals surface area contributed by atoms with Crippen LogP contribution < -0.4 is 5.73 Å². The Bertz CT molecular complexity index is 410. The molecule has 4 nitrogen and oxygen atoms in total. The monoisotopic (exact) mass is 178 g/mol. The molecule has 2 N–H and O–H groups in total. The normalized spacial score (nSPS) is 10.2. The maximum Gasteiger partial charge on any atom is 0.146 e. The van der Waals surface area contributed by atoms with Crippen LogP contribution in [0.25, 0.3) is 5.69 Å². The van der Waals surface area contributed by atoms with E-state index in [0.29, 0.717) is 5.69 Å². The first kappa shape index (κ1) is 7.72. The number of rotatable bonds is 1. The largest absolute Gasteiger partial charge is 0.396 e. The van der Waals surface area contributed by atoms with Crippen molar-refractivity contribution in [2.24, 2.45) is 0 Å². The summed E-state index contributed by atoms with van der Waals surface area (Å²) in [6, 6.07) is 4.39. The lowest BCUT2D eigenvalue weighted by Crippen LogP contribution is -1.98. The van der Waals surface area contributed by atoms with Crippen LogP contribution in [0.15, 0.2) is 30.6 Å². The molecule has 0 aliphatic heterocycles. The van der Waals surface area contributed by atoms with E-state index in [1.165, 1.54) is 16.8 Å². The Hall–Kier alpha value is -1.91. The molecule has 0 aliphatic carbocycles. The second kappa shape index (κ2) is 2.85. The third-order valence-electron chi connectivity index (χ3n) is 1.67. The summed E-state index contributed by atoms with van der Waals surface area (Å²) in [5.41, 5.74) is 6.19. The van der Waals surface area contributed by atoms with Gasteiger partial charge in [0, 0.05) is 0 Å². The topological polar surface area (TPSA) is 56.7 Å². The third-order valence-corrected chi connectivity index (χ3v) is 1.67. The van der Waals surface area contributed by atoms with Crippen molar-refractivity contribution in [3.63, 3.8) is 0 Å². The number of hydrogen-bond donors (Lipinski definition) is 1. The highest BCUT2D eigenvalue weighted by atomic mass is 19.1. The molecule has 0 aliphatic rings. The number of nitrogens with two attached hydrogens (primary N) is 1. The van der Waals surface area contributed by atoms with Crippen LogP contribution >= 0.6 is 0 Å². The molecular weight excluding hydrogens is 171 g/mol. The Kier molecular flexibility index (Phi) is 1.70. The molecule has 0 spiro atoms. The van der Waals surface area contributed by atoms with Gasteiger partial charge in [0.05, 0.1) is 23.8 Å². The molecule has 1 aromatic heterocycles. The molecule has 0 unspecified atom stereocenters. The fourth-order valence-electron chi connectivity index (χ4n) is 1.02.